The predicted molar refractivity (Wildman–Crippen MR) is 81.0 cm³/mol. The smallest absolute Gasteiger partial charge is 0.0681 e. The summed E-state index contributed by atoms with van der Waals surface area (Å²) in [7, 11) is 0. The topological polar surface area (TPSA) is 35.5 Å². The molecule has 0 spiro atoms. The second-order valence-corrected chi connectivity index (χ2v) is 5.58. The van der Waals surface area contributed by atoms with Crippen LogP contribution in [-0.2, 0) is 13.2 Å². The molecule has 108 valence electrons. The molecule has 0 aromatic heterocycles. The second kappa shape index (κ2) is 8.31. The molecule has 3 nitrogen and oxygen atoms in total. The number of nitrogens with zero attached hydrogens (tertiary/aromatic N) is 1. The maximum atomic E-state index is 8.99. The zero-order chi connectivity index (χ0) is 14.3. The SMILES string of the molecule is CC(C)N(CCNCc1ccc(CO)cc1)C(C)C. The molecular formula is C16H28N2O. The van der Waals surface area contributed by atoms with Crippen LogP contribution in [0.15, 0.2) is 24.3 Å². The van der Waals surface area contributed by atoms with Crippen LogP contribution in [0.2, 0.25) is 0 Å². The van der Waals surface area contributed by atoms with Crippen LogP contribution in [0, 0.1) is 0 Å². The van der Waals surface area contributed by atoms with E-state index in [1.165, 1.54) is 5.56 Å². The summed E-state index contributed by atoms with van der Waals surface area (Å²) >= 11 is 0. The van der Waals surface area contributed by atoms with Crippen LogP contribution in [-0.4, -0.2) is 35.2 Å². The Kier molecular flexibility index (Phi) is 7.06. The first kappa shape index (κ1) is 16.2. The summed E-state index contributed by atoms with van der Waals surface area (Å²) in [6.07, 6.45) is 0. The molecule has 19 heavy (non-hydrogen) atoms. The highest BCUT2D eigenvalue weighted by Gasteiger charge is 2.11. The van der Waals surface area contributed by atoms with Crippen LogP contribution < -0.4 is 5.32 Å². The summed E-state index contributed by atoms with van der Waals surface area (Å²) < 4.78 is 0. The largest absolute Gasteiger partial charge is 0.392 e. The summed E-state index contributed by atoms with van der Waals surface area (Å²) in [6.45, 7) is 12.0. The van der Waals surface area contributed by atoms with Gasteiger partial charge in [-0.25, -0.2) is 0 Å². The van der Waals surface area contributed by atoms with Crippen molar-refractivity contribution in [3.05, 3.63) is 35.4 Å². The molecule has 3 heteroatoms. The highest BCUT2D eigenvalue weighted by molar-refractivity contribution is 5.21. The first-order chi connectivity index (χ1) is 9.04. The van der Waals surface area contributed by atoms with E-state index in [1.54, 1.807) is 0 Å². The molecule has 0 amide bonds. The lowest BCUT2D eigenvalue weighted by Crippen LogP contribution is -2.41. The quantitative estimate of drug-likeness (QED) is 0.708. The van der Waals surface area contributed by atoms with E-state index in [4.69, 9.17) is 5.11 Å². The number of hydrogen-bond acceptors (Lipinski definition) is 3. The van der Waals surface area contributed by atoms with E-state index in [1.807, 2.05) is 12.1 Å². The molecule has 1 aromatic carbocycles. The maximum Gasteiger partial charge on any atom is 0.0681 e. The van der Waals surface area contributed by atoms with Crippen molar-refractivity contribution in [2.45, 2.75) is 52.9 Å². The average Bonchev–Trinajstić information content (AvgIpc) is 2.38. The first-order valence-electron chi connectivity index (χ1n) is 7.19. The zero-order valence-electron chi connectivity index (χ0n) is 12.7. The third-order valence-electron chi connectivity index (χ3n) is 3.41. The highest BCUT2D eigenvalue weighted by atomic mass is 16.3. The van der Waals surface area contributed by atoms with Gasteiger partial charge in [-0.1, -0.05) is 24.3 Å². The summed E-state index contributed by atoms with van der Waals surface area (Å²) in [5, 5.41) is 12.5. The Morgan fingerprint density at radius 3 is 2.00 bits per heavy atom. The average molecular weight is 264 g/mol. The molecule has 1 rings (SSSR count). The molecule has 1 aromatic rings. The van der Waals surface area contributed by atoms with Crippen molar-refractivity contribution in [1.82, 2.24) is 10.2 Å². The van der Waals surface area contributed by atoms with Gasteiger partial charge in [0, 0.05) is 31.7 Å². The van der Waals surface area contributed by atoms with Crippen molar-refractivity contribution < 1.29 is 5.11 Å². The van der Waals surface area contributed by atoms with Gasteiger partial charge in [0.05, 0.1) is 6.61 Å². The van der Waals surface area contributed by atoms with Gasteiger partial charge in [0.25, 0.3) is 0 Å². The van der Waals surface area contributed by atoms with Crippen molar-refractivity contribution in [2.24, 2.45) is 0 Å². The molecular weight excluding hydrogens is 236 g/mol. The molecule has 0 fully saturated rings. The Morgan fingerprint density at radius 2 is 1.53 bits per heavy atom. The number of nitrogens with one attached hydrogen (secondary N) is 1. The van der Waals surface area contributed by atoms with Gasteiger partial charge < -0.3 is 10.4 Å². The molecule has 0 radical (unpaired) electrons. The lowest BCUT2D eigenvalue weighted by molar-refractivity contribution is 0.176. The Morgan fingerprint density at radius 1 is 1.00 bits per heavy atom. The second-order valence-electron chi connectivity index (χ2n) is 5.58. The third-order valence-corrected chi connectivity index (χ3v) is 3.41. The molecule has 2 N–H and O–H groups in total. The van der Waals surface area contributed by atoms with Crippen LogP contribution in [0.4, 0.5) is 0 Å². The fourth-order valence-corrected chi connectivity index (χ4v) is 2.32. The fraction of sp³-hybridized carbons (Fsp3) is 0.625. The minimum absolute atomic E-state index is 0.117. The fourth-order valence-electron chi connectivity index (χ4n) is 2.32. The number of aliphatic hydroxyl groups is 1. The van der Waals surface area contributed by atoms with E-state index in [2.05, 4.69) is 50.0 Å². The van der Waals surface area contributed by atoms with Crippen LogP contribution in [0.3, 0.4) is 0 Å². The van der Waals surface area contributed by atoms with Crippen LogP contribution in [0.1, 0.15) is 38.8 Å². The van der Waals surface area contributed by atoms with Gasteiger partial charge in [0.15, 0.2) is 0 Å². The zero-order valence-corrected chi connectivity index (χ0v) is 12.7. The molecule has 0 unspecified atom stereocenters. The van der Waals surface area contributed by atoms with Gasteiger partial charge in [-0.05, 0) is 38.8 Å². The molecule has 0 heterocycles. The molecule has 0 saturated heterocycles. The number of rotatable bonds is 8. The predicted octanol–water partition coefficient (Wildman–Crippen LogP) is 2.39. The minimum atomic E-state index is 0.117. The Hall–Kier alpha value is -0.900. The third kappa shape index (κ3) is 5.72. The molecule has 0 aliphatic heterocycles. The van der Waals surface area contributed by atoms with Crippen molar-refractivity contribution >= 4 is 0 Å². The van der Waals surface area contributed by atoms with Crippen molar-refractivity contribution in [3.8, 4) is 0 Å². The number of aliphatic hydroxyl groups excluding tert-OH is 1. The Balaban J connectivity index is 2.29. The van der Waals surface area contributed by atoms with E-state index < -0.39 is 0 Å². The summed E-state index contributed by atoms with van der Waals surface area (Å²) in [6, 6.07) is 9.27. The summed E-state index contributed by atoms with van der Waals surface area (Å²) in [5.41, 5.74) is 2.23. The Labute approximate surface area is 117 Å². The van der Waals surface area contributed by atoms with Crippen LogP contribution >= 0.6 is 0 Å². The van der Waals surface area contributed by atoms with Gasteiger partial charge in [-0.3, -0.25) is 4.90 Å². The van der Waals surface area contributed by atoms with Gasteiger partial charge in [0.2, 0.25) is 0 Å². The molecule has 0 bridgehead atoms. The summed E-state index contributed by atoms with van der Waals surface area (Å²) in [4.78, 5) is 2.49. The first-order valence-corrected chi connectivity index (χ1v) is 7.19. The van der Waals surface area contributed by atoms with Gasteiger partial charge in [-0.2, -0.15) is 0 Å². The van der Waals surface area contributed by atoms with Gasteiger partial charge >= 0.3 is 0 Å². The standard InChI is InChI=1S/C16H28N2O/c1-13(2)18(14(3)4)10-9-17-11-15-5-7-16(12-19)8-6-15/h5-8,13-14,17,19H,9-12H2,1-4H3. The monoisotopic (exact) mass is 264 g/mol. The van der Waals surface area contributed by atoms with E-state index in [9.17, 15) is 0 Å². The number of hydrogen-bond donors (Lipinski definition) is 2. The lowest BCUT2D eigenvalue weighted by Gasteiger charge is -2.30. The minimum Gasteiger partial charge on any atom is -0.392 e. The van der Waals surface area contributed by atoms with Crippen molar-refractivity contribution in [1.29, 1.82) is 0 Å². The number of benzene rings is 1. The normalized spacial score (nSPS) is 11.8. The highest BCUT2D eigenvalue weighted by Crippen LogP contribution is 2.05. The van der Waals surface area contributed by atoms with Crippen molar-refractivity contribution in [2.75, 3.05) is 13.1 Å². The van der Waals surface area contributed by atoms with Crippen molar-refractivity contribution in [3.63, 3.8) is 0 Å². The van der Waals surface area contributed by atoms with Gasteiger partial charge in [-0.15, -0.1) is 0 Å². The lowest BCUT2D eigenvalue weighted by atomic mass is 10.1. The molecule has 0 aliphatic carbocycles. The molecule has 0 atom stereocenters. The van der Waals surface area contributed by atoms with E-state index in [0.717, 1.165) is 25.2 Å². The Bertz CT molecular complexity index is 338. The molecule has 0 aliphatic rings. The van der Waals surface area contributed by atoms with Crippen LogP contribution in [0.25, 0.3) is 0 Å². The van der Waals surface area contributed by atoms with E-state index >= 15 is 0 Å². The van der Waals surface area contributed by atoms with Crippen LogP contribution in [0.5, 0.6) is 0 Å². The molecule has 0 saturated carbocycles. The maximum absolute atomic E-state index is 8.99. The van der Waals surface area contributed by atoms with E-state index in [-0.39, 0.29) is 6.61 Å². The van der Waals surface area contributed by atoms with Gasteiger partial charge in [0.1, 0.15) is 0 Å². The summed E-state index contributed by atoms with van der Waals surface area (Å²) in [5.74, 6) is 0. The van der Waals surface area contributed by atoms with E-state index in [0.29, 0.717) is 12.1 Å².